The molecule has 0 saturated carbocycles. The van der Waals surface area contributed by atoms with Crippen LogP contribution in [0.1, 0.15) is 22.7 Å². The summed E-state index contributed by atoms with van der Waals surface area (Å²) < 4.78 is 39.8. The molecular formula is C17H13BrF3NO2. The van der Waals surface area contributed by atoms with Gasteiger partial charge >= 0.3 is 12.1 Å². The van der Waals surface area contributed by atoms with Gasteiger partial charge < -0.3 is 10.0 Å². The smallest absolute Gasteiger partial charge is 0.471 e. The van der Waals surface area contributed by atoms with Crippen molar-refractivity contribution >= 4 is 21.8 Å². The van der Waals surface area contributed by atoms with Crippen LogP contribution in [0.15, 0.2) is 46.9 Å². The number of carbonyl (C=O) groups excluding carboxylic acids is 1. The van der Waals surface area contributed by atoms with Crippen LogP contribution in [0.25, 0.3) is 0 Å². The Bertz CT molecular complexity index is 774. The summed E-state index contributed by atoms with van der Waals surface area (Å²) in [5.41, 5.74) is 1.93. The Hall–Kier alpha value is -2.02. The molecule has 1 aliphatic heterocycles. The van der Waals surface area contributed by atoms with Crippen molar-refractivity contribution in [1.82, 2.24) is 4.90 Å². The lowest BCUT2D eigenvalue weighted by atomic mass is 9.88. The summed E-state index contributed by atoms with van der Waals surface area (Å²) in [5.74, 6) is -1.80. The number of carbonyl (C=O) groups is 1. The van der Waals surface area contributed by atoms with Gasteiger partial charge in [-0.25, -0.2) is 0 Å². The summed E-state index contributed by atoms with van der Waals surface area (Å²) in [6.45, 7) is -0.0600. The second-order valence-electron chi connectivity index (χ2n) is 5.58. The van der Waals surface area contributed by atoms with Crippen molar-refractivity contribution in [2.24, 2.45) is 0 Å². The maximum absolute atomic E-state index is 13.0. The number of phenols is 1. The monoisotopic (exact) mass is 399 g/mol. The van der Waals surface area contributed by atoms with Crippen molar-refractivity contribution in [2.75, 3.05) is 6.54 Å². The molecule has 0 fully saturated rings. The van der Waals surface area contributed by atoms with Crippen LogP contribution in [0.5, 0.6) is 5.75 Å². The maximum Gasteiger partial charge on any atom is 0.471 e. The predicted octanol–water partition coefficient (Wildman–Crippen LogP) is 4.19. The first-order valence-electron chi connectivity index (χ1n) is 7.22. The molecule has 0 radical (unpaired) electrons. The van der Waals surface area contributed by atoms with E-state index in [1.165, 1.54) is 12.1 Å². The van der Waals surface area contributed by atoms with Crippen LogP contribution in [0.3, 0.4) is 0 Å². The summed E-state index contributed by atoms with van der Waals surface area (Å²) in [4.78, 5) is 12.7. The molecule has 1 amide bonds. The standard InChI is InChI=1S/C17H13BrF3NO2/c18-12-3-1-10(2-4-12)15-14-6-5-13(23)9-11(14)7-8-22(15)16(24)17(19,20)21/h1-6,9,15,23H,7-8H2. The zero-order valence-corrected chi connectivity index (χ0v) is 13.9. The fourth-order valence-electron chi connectivity index (χ4n) is 3.00. The van der Waals surface area contributed by atoms with E-state index < -0.39 is 18.1 Å². The van der Waals surface area contributed by atoms with Crippen molar-refractivity contribution in [3.63, 3.8) is 0 Å². The lowest BCUT2D eigenvalue weighted by Gasteiger charge is -2.38. The van der Waals surface area contributed by atoms with E-state index >= 15 is 0 Å². The van der Waals surface area contributed by atoms with Gasteiger partial charge in [0.15, 0.2) is 0 Å². The number of benzene rings is 2. The highest BCUT2D eigenvalue weighted by atomic mass is 79.9. The van der Waals surface area contributed by atoms with Crippen LogP contribution in [0, 0.1) is 0 Å². The first kappa shape index (κ1) is 16.8. The number of aromatic hydroxyl groups is 1. The van der Waals surface area contributed by atoms with Gasteiger partial charge in [0.05, 0.1) is 6.04 Å². The Kier molecular flexibility index (Phi) is 4.29. The molecule has 24 heavy (non-hydrogen) atoms. The van der Waals surface area contributed by atoms with E-state index in [9.17, 15) is 23.1 Å². The third-order valence-electron chi connectivity index (χ3n) is 4.04. The topological polar surface area (TPSA) is 40.5 Å². The van der Waals surface area contributed by atoms with Gasteiger partial charge in [0, 0.05) is 11.0 Å². The molecule has 3 nitrogen and oxygen atoms in total. The van der Waals surface area contributed by atoms with E-state index in [0.29, 0.717) is 11.1 Å². The summed E-state index contributed by atoms with van der Waals surface area (Å²) in [7, 11) is 0. The highest BCUT2D eigenvalue weighted by Gasteiger charge is 2.46. The summed E-state index contributed by atoms with van der Waals surface area (Å²) in [6, 6.07) is 10.5. The number of nitrogens with zero attached hydrogens (tertiary/aromatic N) is 1. The maximum atomic E-state index is 13.0. The van der Waals surface area contributed by atoms with Gasteiger partial charge in [0.2, 0.25) is 0 Å². The zero-order valence-electron chi connectivity index (χ0n) is 12.3. The van der Waals surface area contributed by atoms with E-state index in [1.54, 1.807) is 30.3 Å². The largest absolute Gasteiger partial charge is 0.508 e. The van der Waals surface area contributed by atoms with Gasteiger partial charge in [-0.2, -0.15) is 13.2 Å². The Labute approximate surface area is 144 Å². The predicted molar refractivity (Wildman–Crippen MR) is 85.6 cm³/mol. The number of halogens is 4. The van der Waals surface area contributed by atoms with Crippen molar-refractivity contribution < 1.29 is 23.1 Å². The molecule has 0 bridgehead atoms. The third-order valence-corrected chi connectivity index (χ3v) is 4.57. The third kappa shape index (κ3) is 3.13. The summed E-state index contributed by atoms with van der Waals surface area (Å²) >= 11 is 3.29. The minimum Gasteiger partial charge on any atom is -0.508 e. The summed E-state index contributed by atoms with van der Waals surface area (Å²) in [6.07, 6.45) is -4.67. The van der Waals surface area contributed by atoms with Crippen molar-refractivity contribution in [2.45, 2.75) is 18.6 Å². The minimum atomic E-state index is -4.93. The average molecular weight is 400 g/mol. The molecule has 2 aromatic carbocycles. The number of alkyl halides is 3. The van der Waals surface area contributed by atoms with Crippen LogP contribution in [-0.4, -0.2) is 28.6 Å². The number of hydrogen-bond donors (Lipinski definition) is 1. The molecule has 0 saturated heterocycles. The minimum absolute atomic E-state index is 0.0545. The van der Waals surface area contributed by atoms with Crippen molar-refractivity contribution in [3.8, 4) is 5.75 Å². The first-order valence-corrected chi connectivity index (χ1v) is 8.01. The molecule has 126 valence electrons. The molecule has 1 heterocycles. The van der Waals surface area contributed by atoms with Gasteiger partial charge in [-0.3, -0.25) is 4.79 Å². The van der Waals surface area contributed by atoms with E-state index in [0.717, 1.165) is 14.9 Å². The molecule has 1 unspecified atom stereocenters. The SMILES string of the molecule is O=C(N1CCc2cc(O)ccc2C1c1ccc(Br)cc1)C(F)(F)F. The van der Waals surface area contributed by atoms with Crippen LogP contribution in [0.4, 0.5) is 13.2 Å². The second-order valence-corrected chi connectivity index (χ2v) is 6.50. The van der Waals surface area contributed by atoms with Gasteiger partial charge in [-0.1, -0.05) is 34.1 Å². The molecule has 3 rings (SSSR count). The molecule has 0 spiro atoms. The van der Waals surface area contributed by atoms with Crippen LogP contribution in [0.2, 0.25) is 0 Å². The van der Waals surface area contributed by atoms with Gasteiger partial charge in [-0.05, 0) is 47.4 Å². The van der Waals surface area contributed by atoms with Gasteiger partial charge in [-0.15, -0.1) is 0 Å². The van der Waals surface area contributed by atoms with E-state index in [2.05, 4.69) is 15.9 Å². The van der Waals surface area contributed by atoms with E-state index in [4.69, 9.17) is 0 Å². The number of hydrogen-bond acceptors (Lipinski definition) is 2. The Morgan fingerprint density at radius 1 is 1.17 bits per heavy atom. The lowest BCUT2D eigenvalue weighted by Crippen LogP contribution is -2.46. The first-order chi connectivity index (χ1) is 11.3. The zero-order chi connectivity index (χ0) is 17.5. The van der Waals surface area contributed by atoms with E-state index in [1.807, 2.05) is 0 Å². The Morgan fingerprint density at radius 2 is 1.83 bits per heavy atom. The molecular weight excluding hydrogens is 387 g/mol. The molecule has 1 N–H and O–H groups in total. The molecule has 0 aromatic heterocycles. The van der Waals surface area contributed by atoms with Crippen LogP contribution >= 0.6 is 15.9 Å². The number of phenolic OH excluding ortho intramolecular Hbond substituents is 1. The Balaban J connectivity index is 2.12. The quantitative estimate of drug-likeness (QED) is 0.780. The van der Waals surface area contributed by atoms with E-state index in [-0.39, 0.29) is 18.7 Å². The normalized spacial score (nSPS) is 17.5. The number of amides is 1. The number of rotatable bonds is 1. The van der Waals surface area contributed by atoms with Gasteiger partial charge in [0.25, 0.3) is 0 Å². The summed E-state index contributed by atoms with van der Waals surface area (Å²) in [5, 5.41) is 9.62. The highest BCUT2D eigenvalue weighted by molar-refractivity contribution is 9.10. The fourth-order valence-corrected chi connectivity index (χ4v) is 3.26. The average Bonchev–Trinajstić information content (AvgIpc) is 2.53. The van der Waals surface area contributed by atoms with Crippen molar-refractivity contribution in [3.05, 3.63) is 63.6 Å². The van der Waals surface area contributed by atoms with Crippen molar-refractivity contribution in [1.29, 1.82) is 0 Å². The molecule has 1 atom stereocenters. The second kappa shape index (κ2) is 6.12. The Morgan fingerprint density at radius 3 is 2.46 bits per heavy atom. The van der Waals surface area contributed by atoms with Gasteiger partial charge in [0.1, 0.15) is 5.75 Å². The van der Waals surface area contributed by atoms with Crippen LogP contribution < -0.4 is 0 Å². The molecule has 0 aliphatic carbocycles. The molecule has 7 heteroatoms. The molecule has 2 aromatic rings. The number of fused-ring (bicyclic) bond motifs is 1. The van der Waals surface area contributed by atoms with Crippen LogP contribution in [-0.2, 0) is 11.2 Å². The highest BCUT2D eigenvalue weighted by Crippen LogP contribution is 2.38. The molecule has 1 aliphatic rings. The fraction of sp³-hybridized carbons (Fsp3) is 0.235. The lowest BCUT2D eigenvalue weighted by molar-refractivity contribution is -0.187.